The Labute approximate surface area is 72.3 Å². The molecular weight excluding hydrogens is 156 g/mol. The molecule has 2 aliphatic rings. The lowest BCUT2D eigenvalue weighted by molar-refractivity contribution is -0.0481. The van der Waals surface area contributed by atoms with Gasteiger partial charge >= 0.3 is 0 Å². The highest BCUT2D eigenvalue weighted by atomic mass is 16.6. The summed E-state index contributed by atoms with van der Waals surface area (Å²) in [4.78, 5) is 0. The van der Waals surface area contributed by atoms with Crippen LogP contribution >= 0.6 is 0 Å². The Bertz CT molecular complexity index is 214. The average molecular weight is 170 g/mol. The van der Waals surface area contributed by atoms with Crippen molar-refractivity contribution in [1.29, 1.82) is 0 Å². The number of rotatable bonds is 2. The van der Waals surface area contributed by atoms with Gasteiger partial charge < -0.3 is 14.2 Å². The van der Waals surface area contributed by atoms with Crippen LogP contribution in [-0.4, -0.2) is 38.1 Å². The third-order valence-corrected chi connectivity index (χ3v) is 2.72. The van der Waals surface area contributed by atoms with Gasteiger partial charge in [-0.2, -0.15) is 0 Å². The summed E-state index contributed by atoms with van der Waals surface area (Å²) >= 11 is 0. The Hall–Kier alpha value is -0.380. The fourth-order valence-electron chi connectivity index (χ4n) is 2.12. The molecule has 0 saturated carbocycles. The minimum Gasteiger partial charge on any atom is -0.376 e. The van der Waals surface area contributed by atoms with E-state index in [4.69, 9.17) is 14.2 Å². The smallest absolute Gasteiger partial charge is 0.118 e. The Morgan fingerprint density at radius 2 is 2.08 bits per heavy atom. The third kappa shape index (κ3) is 0.873. The molecule has 2 heterocycles. The molecule has 2 rings (SSSR count). The zero-order chi connectivity index (χ0) is 8.77. The largest absolute Gasteiger partial charge is 0.376 e. The van der Waals surface area contributed by atoms with E-state index in [1.165, 1.54) is 0 Å². The van der Waals surface area contributed by atoms with Crippen molar-refractivity contribution in [2.24, 2.45) is 0 Å². The highest BCUT2D eigenvalue weighted by molar-refractivity contribution is 5.23. The SMILES string of the molecule is COC1C2C=CC(C)(O2)C1OC. The molecule has 0 aromatic carbocycles. The molecule has 0 aromatic rings. The van der Waals surface area contributed by atoms with E-state index in [0.717, 1.165) is 0 Å². The van der Waals surface area contributed by atoms with Gasteiger partial charge in [-0.3, -0.25) is 0 Å². The van der Waals surface area contributed by atoms with Crippen molar-refractivity contribution in [2.75, 3.05) is 14.2 Å². The predicted molar refractivity (Wildman–Crippen MR) is 44.0 cm³/mol. The maximum atomic E-state index is 5.71. The molecule has 3 nitrogen and oxygen atoms in total. The summed E-state index contributed by atoms with van der Waals surface area (Å²) in [6.45, 7) is 2.02. The second kappa shape index (κ2) is 2.55. The van der Waals surface area contributed by atoms with Crippen molar-refractivity contribution in [3.05, 3.63) is 12.2 Å². The molecule has 0 aliphatic carbocycles. The molecule has 2 bridgehead atoms. The fourth-order valence-corrected chi connectivity index (χ4v) is 2.12. The van der Waals surface area contributed by atoms with Crippen LogP contribution in [0, 0.1) is 0 Å². The molecular formula is C9H14O3. The lowest BCUT2D eigenvalue weighted by atomic mass is 9.91. The van der Waals surface area contributed by atoms with Crippen LogP contribution in [0.15, 0.2) is 12.2 Å². The van der Waals surface area contributed by atoms with Crippen LogP contribution in [0.1, 0.15) is 6.92 Å². The number of hydrogen-bond acceptors (Lipinski definition) is 3. The van der Waals surface area contributed by atoms with Gasteiger partial charge in [0.15, 0.2) is 0 Å². The zero-order valence-electron chi connectivity index (χ0n) is 7.61. The number of methoxy groups -OCH3 is 2. The van der Waals surface area contributed by atoms with Crippen LogP contribution in [0.25, 0.3) is 0 Å². The molecule has 3 heteroatoms. The van der Waals surface area contributed by atoms with E-state index in [2.05, 4.69) is 6.08 Å². The van der Waals surface area contributed by atoms with Crippen molar-refractivity contribution in [3.8, 4) is 0 Å². The van der Waals surface area contributed by atoms with Crippen LogP contribution in [0.5, 0.6) is 0 Å². The molecule has 0 N–H and O–H groups in total. The summed E-state index contributed by atoms with van der Waals surface area (Å²) in [7, 11) is 3.39. The standard InChI is InChI=1S/C9H14O3/c1-9-5-4-6(12-9)7(10-2)8(9)11-3/h4-8H,1-3H3. The average Bonchev–Trinajstić information content (AvgIpc) is 2.55. The van der Waals surface area contributed by atoms with Gasteiger partial charge in [-0.25, -0.2) is 0 Å². The number of fused-ring (bicyclic) bond motifs is 2. The molecule has 0 spiro atoms. The van der Waals surface area contributed by atoms with Crippen molar-refractivity contribution >= 4 is 0 Å². The van der Waals surface area contributed by atoms with Gasteiger partial charge in [-0.15, -0.1) is 0 Å². The molecule has 68 valence electrons. The number of ether oxygens (including phenoxy) is 3. The molecule has 2 aliphatic heterocycles. The minimum atomic E-state index is -0.278. The molecule has 12 heavy (non-hydrogen) atoms. The number of hydrogen-bond donors (Lipinski definition) is 0. The topological polar surface area (TPSA) is 27.7 Å². The lowest BCUT2D eigenvalue weighted by Crippen LogP contribution is -2.43. The van der Waals surface area contributed by atoms with E-state index in [1.807, 2.05) is 13.0 Å². The Morgan fingerprint density at radius 1 is 1.33 bits per heavy atom. The molecule has 0 radical (unpaired) electrons. The zero-order valence-corrected chi connectivity index (χ0v) is 7.61. The van der Waals surface area contributed by atoms with E-state index in [0.29, 0.717) is 0 Å². The summed E-state index contributed by atoms with van der Waals surface area (Å²) in [6, 6.07) is 0. The van der Waals surface area contributed by atoms with E-state index in [1.54, 1.807) is 14.2 Å². The van der Waals surface area contributed by atoms with Crippen LogP contribution in [0.4, 0.5) is 0 Å². The van der Waals surface area contributed by atoms with Crippen molar-refractivity contribution in [3.63, 3.8) is 0 Å². The third-order valence-electron chi connectivity index (χ3n) is 2.72. The van der Waals surface area contributed by atoms with Gasteiger partial charge in [0, 0.05) is 14.2 Å². The van der Waals surface area contributed by atoms with Crippen LogP contribution in [0.2, 0.25) is 0 Å². The van der Waals surface area contributed by atoms with E-state index in [-0.39, 0.29) is 23.9 Å². The summed E-state index contributed by atoms with van der Waals surface area (Å²) in [6.07, 6.45) is 4.25. The van der Waals surface area contributed by atoms with Crippen LogP contribution < -0.4 is 0 Å². The minimum absolute atomic E-state index is 0.0255. The first-order chi connectivity index (χ1) is 5.71. The monoisotopic (exact) mass is 170 g/mol. The Morgan fingerprint density at radius 3 is 2.58 bits per heavy atom. The van der Waals surface area contributed by atoms with Crippen molar-refractivity contribution in [2.45, 2.75) is 30.8 Å². The van der Waals surface area contributed by atoms with Gasteiger partial charge in [0.25, 0.3) is 0 Å². The fraction of sp³-hybridized carbons (Fsp3) is 0.778. The van der Waals surface area contributed by atoms with Crippen molar-refractivity contribution < 1.29 is 14.2 Å². The summed E-state index contributed by atoms with van der Waals surface area (Å²) < 4.78 is 16.4. The predicted octanol–water partition coefficient (Wildman–Crippen LogP) is 0.744. The van der Waals surface area contributed by atoms with E-state index >= 15 is 0 Å². The normalized spacial score (nSPS) is 50.4. The molecule has 1 saturated heterocycles. The van der Waals surface area contributed by atoms with Crippen molar-refractivity contribution in [1.82, 2.24) is 0 Å². The lowest BCUT2D eigenvalue weighted by Gasteiger charge is -2.28. The van der Waals surface area contributed by atoms with Gasteiger partial charge in [-0.1, -0.05) is 12.2 Å². The first kappa shape index (κ1) is 8.23. The summed E-state index contributed by atoms with van der Waals surface area (Å²) in [5, 5.41) is 0. The molecule has 4 unspecified atom stereocenters. The molecule has 1 fully saturated rings. The van der Waals surface area contributed by atoms with Gasteiger partial charge in [0.05, 0.1) is 0 Å². The van der Waals surface area contributed by atoms with Crippen LogP contribution in [-0.2, 0) is 14.2 Å². The summed E-state index contributed by atoms with van der Waals surface area (Å²) in [5.41, 5.74) is -0.278. The Balaban J connectivity index is 2.26. The quantitative estimate of drug-likeness (QED) is 0.572. The second-order valence-corrected chi connectivity index (χ2v) is 3.48. The maximum absolute atomic E-state index is 5.71. The maximum Gasteiger partial charge on any atom is 0.118 e. The van der Waals surface area contributed by atoms with Gasteiger partial charge in [0.1, 0.15) is 23.9 Å². The van der Waals surface area contributed by atoms with E-state index in [9.17, 15) is 0 Å². The first-order valence-corrected chi connectivity index (χ1v) is 4.14. The highest BCUT2D eigenvalue weighted by Gasteiger charge is 2.54. The first-order valence-electron chi connectivity index (χ1n) is 4.14. The van der Waals surface area contributed by atoms with E-state index < -0.39 is 0 Å². The van der Waals surface area contributed by atoms with Gasteiger partial charge in [0.2, 0.25) is 0 Å². The molecule has 0 amide bonds. The van der Waals surface area contributed by atoms with Crippen LogP contribution in [0.3, 0.4) is 0 Å². The second-order valence-electron chi connectivity index (χ2n) is 3.48. The van der Waals surface area contributed by atoms with Gasteiger partial charge in [-0.05, 0) is 6.92 Å². The summed E-state index contributed by atoms with van der Waals surface area (Å²) in [5.74, 6) is 0. The molecule has 4 atom stereocenters. The molecule has 0 aromatic heterocycles. The Kier molecular flexibility index (Phi) is 1.75. The highest BCUT2D eigenvalue weighted by Crippen LogP contribution is 2.40.